The highest BCUT2D eigenvalue weighted by Crippen LogP contribution is 2.30. The lowest BCUT2D eigenvalue weighted by molar-refractivity contribution is -0.0883. The molecule has 2 aromatic rings. The second-order valence-electron chi connectivity index (χ2n) is 5.01. The molecular formula is C15H16N2O2. The lowest BCUT2D eigenvalue weighted by atomic mass is 9.86. The van der Waals surface area contributed by atoms with Gasteiger partial charge < -0.3 is 9.84 Å². The lowest BCUT2D eigenvalue weighted by Gasteiger charge is -2.38. The first-order valence-electron chi connectivity index (χ1n) is 6.33. The number of rotatable bonds is 3. The van der Waals surface area contributed by atoms with Gasteiger partial charge in [-0.3, -0.25) is 0 Å². The first-order chi connectivity index (χ1) is 9.25. The monoisotopic (exact) mass is 256 g/mol. The van der Waals surface area contributed by atoms with E-state index in [1.165, 1.54) is 5.56 Å². The molecule has 98 valence electrons. The summed E-state index contributed by atoms with van der Waals surface area (Å²) < 4.78 is 5.21. The highest BCUT2D eigenvalue weighted by atomic mass is 16.5. The fraction of sp³-hybridized carbons (Fsp3) is 0.333. The van der Waals surface area contributed by atoms with Crippen molar-refractivity contribution >= 4 is 0 Å². The molecule has 1 aromatic heterocycles. The molecule has 1 saturated heterocycles. The molecule has 0 aliphatic carbocycles. The van der Waals surface area contributed by atoms with Gasteiger partial charge in [0, 0.05) is 11.8 Å². The summed E-state index contributed by atoms with van der Waals surface area (Å²) in [6.07, 6.45) is 1.75. The van der Waals surface area contributed by atoms with Crippen LogP contribution in [-0.2, 0) is 10.2 Å². The SMILES string of the molecule is Cc1ccccc1-c1ccnc(C2(CO)COC2)n1. The van der Waals surface area contributed by atoms with Crippen LogP contribution in [0.5, 0.6) is 0 Å². The van der Waals surface area contributed by atoms with Gasteiger partial charge in [-0.25, -0.2) is 9.97 Å². The molecule has 0 bridgehead atoms. The molecule has 0 saturated carbocycles. The number of aliphatic hydroxyl groups is 1. The van der Waals surface area contributed by atoms with Crippen LogP contribution in [0.15, 0.2) is 36.5 Å². The number of aliphatic hydroxyl groups excluding tert-OH is 1. The van der Waals surface area contributed by atoms with Gasteiger partial charge in [-0.1, -0.05) is 24.3 Å². The smallest absolute Gasteiger partial charge is 0.142 e. The minimum atomic E-state index is -0.418. The lowest BCUT2D eigenvalue weighted by Crippen LogP contribution is -2.51. The predicted octanol–water partition coefficient (Wildman–Crippen LogP) is 1.71. The van der Waals surface area contributed by atoms with E-state index in [9.17, 15) is 5.11 Å². The minimum Gasteiger partial charge on any atom is -0.395 e. The van der Waals surface area contributed by atoms with Crippen molar-refractivity contribution in [1.82, 2.24) is 9.97 Å². The summed E-state index contributed by atoms with van der Waals surface area (Å²) in [7, 11) is 0. The summed E-state index contributed by atoms with van der Waals surface area (Å²) in [5, 5.41) is 9.55. The van der Waals surface area contributed by atoms with E-state index in [4.69, 9.17) is 4.74 Å². The Balaban J connectivity index is 2.03. The Morgan fingerprint density at radius 3 is 2.68 bits per heavy atom. The van der Waals surface area contributed by atoms with E-state index < -0.39 is 5.41 Å². The maximum Gasteiger partial charge on any atom is 0.142 e. The molecule has 4 nitrogen and oxygen atoms in total. The van der Waals surface area contributed by atoms with Gasteiger partial charge in [-0.2, -0.15) is 0 Å². The number of hydrogen-bond acceptors (Lipinski definition) is 4. The molecule has 19 heavy (non-hydrogen) atoms. The Morgan fingerprint density at radius 2 is 2.05 bits per heavy atom. The van der Waals surface area contributed by atoms with E-state index in [1.54, 1.807) is 6.20 Å². The van der Waals surface area contributed by atoms with Gasteiger partial charge in [-0.05, 0) is 18.6 Å². The van der Waals surface area contributed by atoms with Gasteiger partial charge in [0.15, 0.2) is 0 Å². The quantitative estimate of drug-likeness (QED) is 0.908. The molecule has 0 atom stereocenters. The van der Waals surface area contributed by atoms with Crippen molar-refractivity contribution < 1.29 is 9.84 Å². The highest BCUT2D eigenvalue weighted by Gasteiger charge is 2.42. The van der Waals surface area contributed by atoms with E-state index in [-0.39, 0.29) is 6.61 Å². The molecule has 4 heteroatoms. The Labute approximate surface area is 112 Å². The van der Waals surface area contributed by atoms with Crippen molar-refractivity contribution in [2.45, 2.75) is 12.3 Å². The predicted molar refractivity (Wildman–Crippen MR) is 71.8 cm³/mol. The van der Waals surface area contributed by atoms with Gasteiger partial charge in [-0.15, -0.1) is 0 Å². The molecule has 0 amide bonds. The van der Waals surface area contributed by atoms with Crippen molar-refractivity contribution in [2.24, 2.45) is 0 Å². The average molecular weight is 256 g/mol. The van der Waals surface area contributed by atoms with Crippen LogP contribution >= 0.6 is 0 Å². The first-order valence-corrected chi connectivity index (χ1v) is 6.33. The van der Waals surface area contributed by atoms with Crippen LogP contribution < -0.4 is 0 Å². The zero-order valence-electron chi connectivity index (χ0n) is 10.8. The molecule has 0 unspecified atom stereocenters. The third-order valence-corrected chi connectivity index (χ3v) is 3.61. The Kier molecular flexibility index (Phi) is 3.05. The molecule has 0 radical (unpaired) electrons. The van der Waals surface area contributed by atoms with E-state index in [2.05, 4.69) is 23.0 Å². The van der Waals surface area contributed by atoms with Crippen molar-refractivity contribution in [3.63, 3.8) is 0 Å². The largest absolute Gasteiger partial charge is 0.395 e. The molecule has 2 heterocycles. The van der Waals surface area contributed by atoms with Crippen LogP contribution in [0.25, 0.3) is 11.3 Å². The fourth-order valence-corrected chi connectivity index (χ4v) is 2.26. The standard InChI is InChI=1S/C15H16N2O2/c1-11-4-2-3-5-12(11)13-6-7-16-14(17-13)15(8-18)9-19-10-15/h2-7,18H,8-10H2,1H3. The summed E-state index contributed by atoms with van der Waals surface area (Å²) in [4.78, 5) is 8.93. The molecule has 1 aromatic carbocycles. The maximum absolute atomic E-state index is 9.55. The third-order valence-electron chi connectivity index (χ3n) is 3.61. The van der Waals surface area contributed by atoms with Gasteiger partial charge in [0.1, 0.15) is 5.82 Å². The van der Waals surface area contributed by atoms with Crippen LogP contribution in [0.3, 0.4) is 0 Å². The van der Waals surface area contributed by atoms with Gasteiger partial charge in [0.05, 0.1) is 30.9 Å². The molecule has 3 rings (SSSR count). The molecule has 0 spiro atoms. The fourth-order valence-electron chi connectivity index (χ4n) is 2.26. The van der Waals surface area contributed by atoms with E-state index in [1.807, 2.05) is 24.3 Å². The van der Waals surface area contributed by atoms with Crippen LogP contribution in [0.4, 0.5) is 0 Å². The zero-order valence-corrected chi connectivity index (χ0v) is 10.8. The summed E-state index contributed by atoms with van der Waals surface area (Å²) in [6, 6.07) is 10.0. The van der Waals surface area contributed by atoms with Crippen LogP contribution in [0.1, 0.15) is 11.4 Å². The topological polar surface area (TPSA) is 55.2 Å². The third kappa shape index (κ3) is 2.03. The van der Waals surface area contributed by atoms with Crippen molar-refractivity contribution in [1.29, 1.82) is 0 Å². The number of aryl methyl sites for hydroxylation is 1. The Bertz CT molecular complexity index is 589. The maximum atomic E-state index is 9.55. The van der Waals surface area contributed by atoms with Gasteiger partial charge in [0.2, 0.25) is 0 Å². The second kappa shape index (κ2) is 4.72. The van der Waals surface area contributed by atoms with Crippen molar-refractivity contribution in [3.8, 4) is 11.3 Å². The van der Waals surface area contributed by atoms with Crippen molar-refractivity contribution in [2.75, 3.05) is 19.8 Å². The minimum absolute atomic E-state index is 0.0181. The number of ether oxygens (including phenoxy) is 1. The zero-order chi connectivity index (χ0) is 13.3. The van der Waals surface area contributed by atoms with Crippen LogP contribution in [-0.4, -0.2) is 34.9 Å². The molecular weight excluding hydrogens is 240 g/mol. The first kappa shape index (κ1) is 12.3. The summed E-state index contributed by atoms with van der Waals surface area (Å²) in [5.74, 6) is 0.669. The van der Waals surface area contributed by atoms with Crippen LogP contribution in [0.2, 0.25) is 0 Å². The summed E-state index contributed by atoms with van der Waals surface area (Å²) in [5.41, 5.74) is 2.75. The van der Waals surface area contributed by atoms with E-state index >= 15 is 0 Å². The van der Waals surface area contributed by atoms with Gasteiger partial charge >= 0.3 is 0 Å². The van der Waals surface area contributed by atoms with Crippen molar-refractivity contribution in [3.05, 3.63) is 47.9 Å². The number of benzene rings is 1. The highest BCUT2D eigenvalue weighted by molar-refractivity contribution is 5.63. The van der Waals surface area contributed by atoms with E-state index in [0.717, 1.165) is 11.3 Å². The second-order valence-corrected chi connectivity index (χ2v) is 5.01. The Morgan fingerprint density at radius 1 is 1.26 bits per heavy atom. The normalized spacial score (nSPS) is 16.9. The molecule has 1 N–H and O–H groups in total. The molecule has 1 aliphatic rings. The average Bonchev–Trinajstić information content (AvgIpc) is 2.39. The Hall–Kier alpha value is -1.78. The van der Waals surface area contributed by atoms with Crippen LogP contribution in [0, 0.1) is 6.92 Å². The number of hydrogen-bond donors (Lipinski definition) is 1. The summed E-state index contributed by atoms with van der Waals surface area (Å²) in [6.45, 7) is 3.05. The molecule has 1 fully saturated rings. The van der Waals surface area contributed by atoms with Gasteiger partial charge in [0.25, 0.3) is 0 Å². The molecule has 1 aliphatic heterocycles. The summed E-state index contributed by atoms with van der Waals surface area (Å²) >= 11 is 0. The van der Waals surface area contributed by atoms with E-state index in [0.29, 0.717) is 19.0 Å². The number of aromatic nitrogens is 2. The number of nitrogens with zero attached hydrogens (tertiary/aromatic N) is 2.